The molecule has 1 aromatic heterocycles. The van der Waals surface area contributed by atoms with E-state index in [1.165, 1.54) is 5.56 Å². The van der Waals surface area contributed by atoms with Crippen LogP contribution in [0.3, 0.4) is 0 Å². The summed E-state index contributed by atoms with van der Waals surface area (Å²) in [5.74, 6) is 1.08. The Bertz CT molecular complexity index is 348. The van der Waals surface area contributed by atoms with Crippen LogP contribution in [0, 0.1) is 0 Å². The van der Waals surface area contributed by atoms with Crippen molar-refractivity contribution in [1.29, 1.82) is 0 Å². The third-order valence-electron chi connectivity index (χ3n) is 2.31. The molecule has 1 heteroatoms. The van der Waals surface area contributed by atoms with E-state index >= 15 is 0 Å². The van der Waals surface area contributed by atoms with Gasteiger partial charge >= 0.3 is 0 Å². The van der Waals surface area contributed by atoms with Crippen LogP contribution in [0.4, 0.5) is 0 Å². The second-order valence-corrected chi connectivity index (χ2v) is 3.42. The molecule has 0 aliphatic heterocycles. The monoisotopic (exact) mass is 186 g/mol. The van der Waals surface area contributed by atoms with Gasteiger partial charge in [-0.25, -0.2) is 0 Å². The molecule has 0 atom stereocenters. The lowest BCUT2D eigenvalue weighted by Crippen LogP contribution is -1.87. The number of benzene rings is 1. The average molecular weight is 186 g/mol. The van der Waals surface area contributed by atoms with Crippen LogP contribution in [-0.4, -0.2) is 0 Å². The van der Waals surface area contributed by atoms with Crippen LogP contribution in [-0.2, 0) is 12.8 Å². The maximum absolute atomic E-state index is 5.27. The molecule has 14 heavy (non-hydrogen) atoms. The second-order valence-electron chi connectivity index (χ2n) is 3.42. The highest BCUT2D eigenvalue weighted by Gasteiger charge is 1.96. The molecule has 0 bridgehead atoms. The Hall–Kier alpha value is -1.50. The first-order valence-electron chi connectivity index (χ1n) is 5.01. The van der Waals surface area contributed by atoms with Crippen LogP contribution in [0.25, 0.3) is 0 Å². The summed E-state index contributed by atoms with van der Waals surface area (Å²) in [6.45, 7) is 0. The van der Waals surface area contributed by atoms with Gasteiger partial charge in [0.15, 0.2) is 0 Å². The van der Waals surface area contributed by atoms with Crippen molar-refractivity contribution in [3.63, 3.8) is 0 Å². The van der Waals surface area contributed by atoms with Crippen molar-refractivity contribution in [3.8, 4) is 0 Å². The fourth-order valence-corrected chi connectivity index (χ4v) is 1.57. The summed E-state index contributed by atoms with van der Waals surface area (Å²) in [4.78, 5) is 0. The van der Waals surface area contributed by atoms with E-state index in [4.69, 9.17) is 4.42 Å². The molecule has 0 amide bonds. The van der Waals surface area contributed by atoms with Crippen molar-refractivity contribution >= 4 is 0 Å². The van der Waals surface area contributed by atoms with E-state index in [-0.39, 0.29) is 0 Å². The van der Waals surface area contributed by atoms with Gasteiger partial charge in [0.25, 0.3) is 0 Å². The number of aryl methyl sites for hydroxylation is 2. The van der Waals surface area contributed by atoms with E-state index in [2.05, 4.69) is 30.3 Å². The highest BCUT2D eigenvalue weighted by atomic mass is 16.3. The fourth-order valence-electron chi connectivity index (χ4n) is 1.57. The standard InChI is InChI=1S/C13H14O/c1-2-6-12(7-3-1)8-4-9-13-10-5-11-14-13/h1-3,5-7,10-11H,4,8-9H2. The smallest absolute Gasteiger partial charge is 0.103 e. The van der Waals surface area contributed by atoms with Crippen molar-refractivity contribution in [1.82, 2.24) is 0 Å². The summed E-state index contributed by atoms with van der Waals surface area (Å²) in [6, 6.07) is 14.5. The number of rotatable bonds is 4. The molecule has 1 nitrogen and oxygen atoms in total. The summed E-state index contributed by atoms with van der Waals surface area (Å²) >= 11 is 0. The Morgan fingerprint density at radius 1 is 0.857 bits per heavy atom. The summed E-state index contributed by atoms with van der Waals surface area (Å²) in [5.41, 5.74) is 1.40. The van der Waals surface area contributed by atoms with Crippen molar-refractivity contribution in [2.24, 2.45) is 0 Å². The lowest BCUT2D eigenvalue weighted by molar-refractivity contribution is 0.502. The van der Waals surface area contributed by atoms with Crippen LogP contribution in [0.5, 0.6) is 0 Å². The lowest BCUT2D eigenvalue weighted by atomic mass is 10.1. The van der Waals surface area contributed by atoms with Crippen molar-refractivity contribution in [2.75, 3.05) is 0 Å². The molecule has 0 saturated heterocycles. The fraction of sp³-hybridized carbons (Fsp3) is 0.231. The molecule has 72 valence electrons. The SMILES string of the molecule is c1ccc(CCCc2ccco2)cc1. The molecule has 0 spiro atoms. The van der Waals surface area contributed by atoms with Crippen LogP contribution in [0.1, 0.15) is 17.7 Å². The molecule has 0 radical (unpaired) electrons. The Labute approximate surface area is 84.4 Å². The third-order valence-corrected chi connectivity index (χ3v) is 2.31. The predicted molar refractivity (Wildman–Crippen MR) is 57.2 cm³/mol. The molecule has 2 aromatic rings. The van der Waals surface area contributed by atoms with E-state index in [0.717, 1.165) is 25.0 Å². The first-order valence-corrected chi connectivity index (χ1v) is 5.01. The normalized spacial score (nSPS) is 10.3. The van der Waals surface area contributed by atoms with Gasteiger partial charge < -0.3 is 4.42 Å². The van der Waals surface area contributed by atoms with E-state index in [9.17, 15) is 0 Å². The highest BCUT2D eigenvalue weighted by molar-refractivity contribution is 5.14. The number of furan rings is 1. The molecule has 0 N–H and O–H groups in total. The van der Waals surface area contributed by atoms with Gasteiger partial charge in [-0.1, -0.05) is 30.3 Å². The molecule has 1 heterocycles. The van der Waals surface area contributed by atoms with Gasteiger partial charge in [0.05, 0.1) is 6.26 Å². The largest absolute Gasteiger partial charge is 0.469 e. The summed E-state index contributed by atoms with van der Waals surface area (Å²) in [7, 11) is 0. The Balaban J connectivity index is 1.79. The van der Waals surface area contributed by atoms with Gasteiger partial charge in [-0.3, -0.25) is 0 Å². The Kier molecular flexibility index (Phi) is 3.02. The summed E-state index contributed by atoms with van der Waals surface area (Å²) < 4.78 is 5.27. The summed E-state index contributed by atoms with van der Waals surface area (Å²) in [5, 5.41) is 0. The number of hydrogen-bond donors (Lipinski definition) is 0. The molecule has 0 saturated carbocycles. The van der Waals surface area contributed by atoms with E-state index in [1.807, 2.05) is 12.1 Å². The minimum absolute atomic E-state index is 1.03. The Morgan fingerprint density at radius 2 is 1.71 bits per heavy atom. The zero-order valence-electron chi connectivity index (χ0n) is 8.15. The van der Waals surface area contributed by atoms with Gasteiger partial charge in [0.1, 0.15) is 5.76 Å². The molecule has 0 aliphatic rings. The Morgan fingerprint density at radius 3 is 2.43 bits per heavy atom. The molecule has 0 unspecified atom stereocenters. The van der Waals surface area contributed by atoms with E-state index in [1.54, 1.807) is 6.26 Å². The van der Waals surface area contributed by atoms with Crippen LogP contribution >= 0.6 is 0 Å². The van der Waals surface area contributed by atoms with Gasteiger partial charge in [-0.05, 0) is 30.5 Å². The van der Waals surface area contributed by atoms with Crippen LogP contribution in [0.2, 0.25) is 0 Å². The van der Waals surface area contributed by atoms with Gasteiger partial charge in [0, 0.05) is 6.42 Å². The molecule has 2 rings (SSSR count). The minimum Gasteiger partial charge on any atom is -0.469 e. The van der Waals surface area contributed by atoms with E-state index < -0.39 is 0 Å². The quantitative estimate of drug-likeness (QED) is 0.712. The van der Waals surface area contributed by atoms with Gasteiger partial charge in [0.2, 0.25) is 0 Å². The maximum atomic E-state index is 5.27. The van der Waals surface area contributed by atoms with Gasteiger partial charge in [-0.2, -0.15) is 0 Å². The molecular weight excluding hydrogens is 172 g/mol. The maximum Gasteiger partial charge on any atom is 0.103 e. The van der Waals surface area contributed by atoms with Crippen LogP contribution < -0.4 is 0 Å². The lowest BCUT2D eigenvalue weighted by Gasteiger charge is -1.98. The van der Waals surface area contributed by atoms with E-state index in [0.29, 0.717) is 0 Å². The average Bonchev–Trinajstić information content (AvgIpc) is 2.72. The predicted octanol–water partition coefficient (Wildman–Crippen LogP) is 3.45. The van der Waals surface area contributed by atoms with Crippen molar-refractivity contribution in [2.45, 2.75) is 19.3 Å². The second kappa shape index (κ2) is 4.66. The highest BCUT2D eigenvalue weighted by Crippen LogP contribution is 2.08. The van der Waals surface area contributed by atoms with Crippen molar-refractivity contribution in [3.05, 3.63) is 60.1 Å². The van der Waals surface area contributed by atoms with Crippen molar-refractivity contribution < 1.29 is 4.42 Å². The molecule has 0 fully saturated rings. The van der Waals surface area contributed by atoms with Gasteiger partial charge in [-0.15, -0.1) is 0 Å². The zero-order valence-corrected chi connectivity index (χ0v) is 8.15. The first-order chi connectivity index (χ1) is 6.95. The molecular formula is C13H14O. The minimum atomic E-state index is 1.03. The topological polar surface area (TPSA) is 13.1 Å². The molecule has 1 aromatic carbocycles. The molecule has 0 aliphatic carbocycles. The first kappa shape index (κ1) is 9.07. The summed E-state index contributed by atoms with van der Waals surface area (Å²) in [6.07, 6.45) is 5.04. The zero-order chi connectivity index (χ0) is 9.64. The van der Waals surface area contributed by atoms with Crippen LogP contribution in [0.15, 0.2) is 53.1 Å². The third kappa shape index (κ3) is 2.49. The number of hydrogen-bond acceptors (Lipinski definition) is 1.